The molecule has 2 aromatic heterocycles. The van der Waals surface area contributed by atoms with Crippen molar-refractivity contribution in [3.05, 3.63) is 33.1 Å². The molecule has 1 aliphatic rings. The summed E-state index contributed by atoms with van der Waals surface area (Å²) in [5.41, 5.74) is -1.12. The minimum Gasteiger partial charge on any atom is -0.314 e. The van der Waals surface area contributed by atoms with E-state index in [1.165, 1.54) is 13.1 Å². The number of rotatable bonds is 3. The molecule has 11 heteroatoms. The number of hydrogen-bond acceptors (Lipinski definition) is 6. The van der Waals surface area contributed by atoms with E-state index in [9.17, 15) is 18.0 Å². The second-order valence-electron chi connectivity index (χ2n) is 6.06. The standard InChI is InChI=1S/C14H19N5O4S.ClH/c1-8-5-9(3-4-15-8)18-24(22,23)10-6-11-12(16-7-10)19(2)14(21)17-13(11)20;/h6-9,15,18H,3-5H2,1-2H3,(H,17,20,21);1H. The average Bonchev–Trinajstić information content (AvgIpc) is 2.52. The van der Waals surface area contributed by atoms with Gasteiger partial charge in [0.2, 0.25) is 10.0 Å². The van der Waals surface area contributed by atoms with Crippen molar-refractivity contribution in [2.24, 2.45) is 7.05 Å². The number of nitrogens with one attached hydrogen (secondary N) is 3. The van der Waals surface area contributed by atoms with Gasteiger partial charge in [0, 0.05) is 25.3 Å². The molecule has 0 aromatic carbocycles. The molecule has 25 heavy (non-hydrogen) atoms. The van der Waals surface area contributed by atoms with Gasteiger partial charge in [-0.2, -0.15) is 0 Å². The maximum Gasteiger partial charge on any atom is 0.329 e. The van der Waals surface area contributed by atoms with E-state index in [0.717, 1.165) is 17.3 Å². The Kier molecular flexibility index (Phi) is 5.67. The molecule has 3 heterocycles. The van der Waals surface area contributed by atoms with Crippen LogP contribution in [-0.2, 0) is 17.1 Å². The topological polar surface area (TPSA) is 126 Å². The first-order chi connectivity index (χ1) is 11.3. The highest BCUT2D eigenvalue weighted by Crippen LogP contribution is 2.16. The number of nitrogens with zero attached hydrogens (tertiary/aromatic N) is 2. The Morgan fingerprint density at radius 1 is 1.36 bits per heavy atom. The fourth-order valence-corrected chi connectivity index (χ4v) is 4.14. The third kappa shape index (κ3) is 3.92. The predicted molar refractivity (Wildman–Crippen MR) is 95.7 cm³/mol. The summed E-state index contributed by atoms with van der Waals surface area (Å²) in [6.45, 7) is 2.74. The summed E-state index contributed by atoms with van der Waals surface area (Å²) in [4.78, 5) is 29.5. The molecule has 0 saturated carbocycles. The zero-order chi connectivity index (χ0) is 17.5. The average molecular weight is 390 g/mol. The molecular formula is C14H20ClN5O4S. The van der Waals surface area contributed by atoms with Crippen molar-refractivity contribution >= 4 is 33.5 Å². The molecule has 2 aromatic rings. The molecule has 0 amide bonds. The zero-order valence-electron chi connectivity index (χ0n) is 13.8. The Bertz CT molecular complexity index is 1000. The van der Waals surface area contributed by atoms with Gasteiger partial charge in [-0.15, -0.1) is 12.4 Å². The molecule has 9 nitrogen and oxygen atoms in total. The first kappa shape index (κ1) is 19.6. The number of pyridine rings is 1. The van der Waals surface area contributed by atoms with Crippen LogP contribution in [0.1, 0.15) is 19.8 Å². The van der Waals surface area contributed by atoms with Gasteiger partial charge in [-0.3, -0.25) is 14.3 Å². The zero-order valence-corrected chi connectivity index (χ0v) is 15.4. The molecule has 0 radical (unpaired) electrons. The summed E-state index contributed by atoms with van der Waals surface area (Å²) in [6.07, 6.45) is 2.54. The van der Waals surface area contributed by atoms with E-state index in [0.29, 0.717) is 12.8 Å². The van der Waals surface area contributed by atoms with Crippen molar-refractivity contribution in [2.45, 2.75) is 36.7 Å². The molecule has 1 fully saturated rings. The molecule has 1 saturated heterocycles. The fourth-order valence-electron chi connectivity index (χ4n) is 2.89. The monoisotopic (exact) mass is 389 g/mol. The molecule has 0 spiro atoms. The highest BCUT2D eigenvalue weighted by Gasteiger charge is 2.25. The smallest absolute Gasteiger partial charge is 0.314 e. The number of H-pyrrole nitrogens is 1. The van der Waals surface area contributed by atoms with Gasteiger partial charge >= 0.3 is 5.69 Å². The van der Waals surface area contributed by atoms with E-state index >= 15 is 0 Å². The molecule has 0 bridgehead atoms. The fraction of sp³-hybridized carbons (Fsp3) is 0.500. The van der Waals surface area contributed by atoms with Gasteiger partial charge < -0.3 is 5.32 Å². The Balaban J connectivity index is 0.00000225. The maximum absolute atomic E-state index is 12.6. The second-order valence-corrected chi connectivity index (χ2v) is 7.77. The van der Waals surface area contributed by atoms with Crippen LogP contribution in [0.25, 0.3) is 11.0 Å². The molecule has 1 aliphatic heterocycles. The number of sulfonamides is 1. The lowest BCUT2D eigenvalue weighted by molar-refractivity contribution is 0.361. The Labute approximate surface area is 150 Å². The maximum atomic E-state index is 12.6. The number of aryl methyl sites for hydroxylation is 1. The van der Waals surface area contributed by atoms with Crippen molar-refractivity contribution in [2.75, 3.05) is 6.54 Å². The lowest BCUT2D eigenvalue weighted by Gasteiger charge is -2.28. The van der Waals surface area contributed by atoms with Crippen LogP contribution in [0.5, 0.6) is 0 Å². The molecule has 0 aliphatic carbocycles. The van der Waals surface area contributed by atoms with Crippen LogP contribution in [0.2, 0.25) is 0 Å². The van der Waals surface area contributed by atoms with Crippen LogP contribution in [0, 0.1) is 0 Å². The molecular weight excluding hydrogens is 370 g/mol. The van der Waals surface area contributed by atoms with E-state index < -0.39 is 21.3 Å². The number of fused-ring (bicyclic) bond motifs is 1. The van der Waals surface area contributed by atoms with Crippen molar-refractivity contribution in [3.8, 4) is 0 Å². The van der Waals surface area contributed by atoms with E-state index in [2.05, 4.69) is 20.0 Å². The highest BCUT2D eigenvalue weighted by molar-refractivity contribution is 7.89. The van der Waals surface area contributed by atoms with Crippen LogP contribution in [0.15, 0.2) is 26.7 Å². The van der Waals surface area contributed by atoms with Gasteiger partial charge in [-0.1, -0.05) is 0 Å². The number of aromatic nitrogens is 3. The van der Waals surface area contributed by atoms with Gasteiger partial charge in [0.25, 0.3) is 5.56 Å². The molecule has 3 N–H and O–H groups in total. The minimum atomic E-state index is -3.79. The van der Waals surface area contributed by atoms with Crippen molar-refractivity contribution in [3.63, 3.8) is 0 Å². The van der Waals surface area contributed by atoms with Gasteiger partial charge in [0.15, 0.2) is 0 Å². The van der Waals surface area contributed by atoms with Crippen LogP contribution in [0.3, 0.4) is 0 Å². The van der Waals surface area contributed by atoms with E-state index in [-0.39, 0.29) is 40.4 Å². The summed E-state index contributed by atoms with van der Waals surface area (Å²) in [6, 6.07) is 1.31. The molecule has 138 valence electrons. The lowest BCUT2D eigenvalue weighted by Crippen LogP contribution is -2.46. The number of aromatic amines is 1. The van der Waals surface area contributed by atoms with Crippen LogP contribution < -0.4 is 21.3 Å². The molecule has 2 unspecified atom stereocenters. The molecule has 2 atom stereocenters. The van der Waals surface area contributed by atoms with E-state index in [1.54, 1.807) is 0 Å². The molecule has 3 rings (SSSR count). The summed E-state index contributed by atoms with van der Waals surface area (Å²) in [5, 5.41) is 3.31. The second kappa shape index (κ2) is 7.24. The summed E-state index contributed by atoms with van der Waals surface area (Å²) in [7, 11) is -2.34. The number of halogens is 1. The van der Waals surface area contributed by atoms with Crippen LogP contribution in [0.4, 0.5) is 0 Å². The normalized spacial score (nSPS) is 21.0. The Hall–Kier alpha value is -1.75. The third-order valence-electron chi connectivity index (χ3n) is 4.18. The van der Waals surface area contributed by atoms with Gasteiger partial charge in [0.05, 0.1) is 5.39 Å². The first-order valence-electron chi connectivity index (χ1n) is 7.63. The van der Waals surface area contributed by atoms with Gasteiger partial charge in [-0.25, -0.2) is 22.9 Å². The largest absolute Gasteiger partial charge is 0.329 e. The van der Waals surface area contributed by atoms with Gasteiger partial charge in [-0.05, 0) is 32.4 Å². The quantitative estimate of drug-likeness (QED) is 0.647. The lowest BCUT2D eigenvalue weighted by atomic mass is 10.0. The summed E-state index contributed by atoms with van der Waals surface area (Å²) >= 11 is 0. The van der Waals surface area contributed by atoms with E-state index in [1.807, 2.05) is 6.92 Å². The SMILES string of the molecule is CC1CC(NS(=O)(=O)c2cnc3c(c2)c(=O)[nH]c(=O)n3C)CCN1.Cl. The third-order valence-corrected chi connectivity index (χ3v) is 5.67. The highest BCUT2D eigenvalue weighted by atomic mass is 35.5. The van der Waals surface area contributed by atoms with Crippen molar-refractivity contribution in [1.29, 1.82) is 0 Å². The van der Waals surface area contributed by atoms with Crippen LogP contribution >= 0.6 is 12.4 Å². The first-order valence-corrected chi connectivity index (χ1v) is 9.11. The minimum absolute atomic E-state index is 0. The number of hydrogen-bond donors (Lipinski definition) is 3. The summed E-state index contributed by atoms with van der Waals surface area (Å²) in [5.74, 6) is 0. The van der Waals surface area contributed by atoms with E-state index in [4.69, 9.17) is 0 Å². The number of piperidine rings is 1. The summed E-state index contributed by atoms with van der Waals surface area (Å²) < 4.78 is 28.9. The van der Waals surface area contributed by atoms with Gasteiger partial charge in [0.1, 0.15) is 10.5 Å². The Morgan fingerprint density at radius 2 is 2.08 bits per heavy atom. The van der Waals surface area contributed by atoms with Crippen molar-refractivity contribution in [1.82, 2.24) is 24.6 Å². The Morgan fingerprint density at radius 3 is 2.76 bits per heavy atom. The predicted octanol–water partition coefficient (Wildman–Crippen LogP) is -0.538. The van der Waals surface area contributed by atoms with Crippen molar-refractivity contribution < 1.29 is 8.42 Å². The van der Waals surface area contributed by atoms with Crippen LogP contribution in [-0.4, -0.2) is 41.6 Å².